The third-order valence-corrected chi connectivity index (χ3v) is 5.13. The molecule has 1 heterocycles. The van der Waals surface area contributed by atoms with Crippen LogP contribution < -0.4 is 10.1 Å². The molecule has 8 heteroatoms. The summed E-state index contributed by atoms with van der Waals surface area (Å²) in [6.45, 7) is 3.26. The number of carbonyl (C=O) groups is 1. The predicted molar refractivity (Wildman–Crippen MR) is 112 cm³/mol. The maximum atomic E-state index is 11.6. The summed E-state index contributed by atoms with van der Waals surface area (Å²) < 4.78 is 11.1. The van der Waals surface area contributed by atoms with E-state index in [0.29, 0.717) is 28.6 Å². The summed E-state index contributed by atoms with van der Waals surface area (Å²) >= 11 is 0. The molecule has 158 valence electrons. The molecule has 1 amide bonds. The summed E-state index contributed by atoms with van der Waals surface area (Å²) in [5.41, 5.74) is 3.92. The molecular formula is C23H22N4O4. The number of nitrogens with one attached hydrogen (secondary N) is 1. The molecule has 0 spiro atoms. The standard InChI is InChI=1S/C23H22N4O4/c1-13(2)30-20-9-6-14(10-15(20)11-24)23-26-22(27-31-23)18-5-3-4-17-16(18)7-8-19(17)25-21(29)12-28/h3-6,9-10,13,19,28H,7-8,12H2,1-2H3,(H,25,29). The first-order chi connectivity index (χ1) is 15.0. The summed E-state index contributed by atoms with van der Waals surface area (Å²) in [4.78, 5) is 16.1. The quantitative estimate of drug-likeness (QED) is 0.631. The van der Waals surface area contributed by atoms with Gasteiger partial charge in [-0.05, 0) is 56.0 Å². The first-order valence-corrected chi connectivity index (χ1v) is 10.1. The number of aliphatic hydroxyl groups is 1. The molecule has 0 fully saturated rings. The van der Waals surface area contributed by atoms with Crippen molar-refractivity contribution < 1.29 is 19.2 Å². The van der Waals surface area contributed by atoms with E-state index >= 15 is 0 Å². The maximum Gasteiger partial charge on any atom is 0.258 e. The number of benzene rings is 2. The molecule has 0 aliphatic heterocycles. The monoisotopic (exact) mass is 418 g/mol. The van der Waals surface area contributed by atoms with Gasteiger partial charge in [0.1, 0.15) is 18.4 Å². The third-order valence-electron chi connectivity index (χ3n) is 5.13. The molecule has 0 saturated heterocycles. The van der Waals surface area contributed by atoms with Gasteiger partial charge in [-0.3, -0.25) is 4.79 Å². The average Bonchev–Trinajstić information content (AvgIpc) is 3.41. The van der Waals surface area contributed by atoms with E-state index in [4.69, 9.17) is 14.4 Å². The van der Waals surface area contributed by atoms with E-state index in [9.17, 15) is 10.1 Å². The van der Waals surface area contributed by atoms with Crippen molar-refractivity contribution in [1.82, 2.24) is 15.5 Å². The second kappa shape index (κ2) is 8.58. The van der Waals surface area contributed by atoms with E-state index in [-0.39, 0.29) is 12.1 Å². The minimum Gasteiger partial charge on any atom is -0.490 e. The number of hydrogen-bond acceptors (Lipinski definition) is 7. The lowest BCUT2D eigenvalue weighted by Gasteiger charge is -2.13. The summed E-state index contributed by atoms with van der Waals surface area (Å²) in [5.74, 6) is 0.867. The van der Waals surface area contributed by atoms with Crippen molar-refractivity contribution in [1.29, 1.82) is 5.26 Å². The molecule has 8 nitrogen and oxygen atoms in total. The van der Waals surface area contributed by atoms with Gasteiger partial charge in [-0.2, -0.15) is 10.2 Å². The van der Waals surface area contributed by atoms with Gasteiger partial charge in [0.05, 0.1) is 17.7 Å². The van der Waals surface area contributed by atoms with Gasteiger partial charge in [-0.15, -0.1) is 0 Å². The van der Waals surface area contributed by atoms with Crippen molar-refractivity contribution in [2.45, 2.75) is 38.8 Å². The molecule has 4 rings (SSSR count). The van der Waals surface area contributed by atoms with Gasteiger partial charge in [0.25, 0.3) is 5.89 Å². The Morgan fingerprint density at radius 3 is 2.97 bits per heavy atom. The summed E-state index contributed by atoms with van der Waals surface area (Å²) in [6, 6.07) is 12.9. The van der Waals surface area contributed by atoms with Crippen molar-refractivity contribution in [2.24, 2.45) is 0 Å². The zero-order valence-electron chi connectivity index (χ0n) is 17.3. The Bertz CT molecular complexity index is 1160. The fourth-order valence-corrected chi connectivity index (χ4v) is 3.81. The van der Waals surface area contributed by atoms with Gasteiger partial charge in [0.2, 0.25) is 11.7 Å². The largest absolute Gasteiger partial charge is 0.490 e. The fourth-order valence-electron chi connectivity index (χ4n) is 3.81. The predicted octanol–water partition coefficient (Wildman–Crippen LogP) is 3.16. The molecule has 2 aromatic carbocycles. The van der Waals surface area contributed by atoms with Crippen LogP contribution in [0, 0.1) is 11.3 Å². The van der Waals surface area contributed by atoms with Crippen LogP contribution in [0.1, 0.15) is 43.0 Å². The van der Waals surface area contributed by atoms with Crippen molar-refractivity contribution in [3.8, 4) is 34.7 Å². The maximum absolute atomic E-state index is 11.6. The van der Waals surface area contributed by atoms with E-state index in [0.717, 1.165) is 29.5 Å². The molecular weight excluding hydrogens is 396 g/mol. The summed E-state index contributed by atoms with van der Waals surface area (Å²) in [7, 11) is 0. The average molecular weight is 418 g/mol. The van der Waals surface area contributed by atoms with Gasteiger partial charge >= 0.3 is 0 Å². The highest BCUT2D eigenvalue weighted by molar-refractivity contribution is 5.78. The summed E-state index contributed by atoms with van der Waals surface area (Å²) in [6.07, 6.45) is 1.45. The Hall–Kier alpha value is -3.70. The molecule has 3 aromatic rings. The Balaban J connectivity index is 1.64. The van der Waals surface area contributed by atoms with Crippen molar-refractivity contribution in [3.63, 3.8) is 0 Å². The number of ether oxygens (including phenoxy) is 1. The van der Waals surface area contributed by atoms with E-state index < -0.39 is 12.5 Å². The van der Waals surface area contributed by atoms with E-state index in [1.807, 2.05) is 32.0 Å². The lowest BCUT2D eigenvalue weighted by atomic mass is 10.0. The van der Waals surface area contributed by atoms with Crippen LogP contribution >= 0.6 is 0 Å². The molecule has 1 atom stereocenters. The van der Waals surface area contributed by atoms with E-state index in [1.54, 1.807) is 18.2 Å². The normalized spacial score (nSPS) is 14.9. The highest BCUT2D eigenvalue weighted by Crippen LogP contribution is 2.37. The van der Waals surface area contributed by atoms with Crippen LogP contribution in [0.2, 0.25) is 0 Å². The van der Waals surface area contributed by atoms with Crippen LogP contribution in [0.4, 0.5) is 0 Å². The highest BCUT2D eigenvalue weighted by atomic mass is 16.5. The first-order valence-electron chi connectivity index (χ1n) is 10.1. The highest BCUT2D eigenvalue weighted by Gasteiger charge is 2.27. The number of carbonyl (C=O) groups excluding carboxylic acids is 1. The number of rotatable bonds is 6. The van der Waals surface area contributed by atoms with Crippen molar-refractivity contribution >= 4 is 5.91 Å². The van der Waals surface area contributed by atoms with Crippen molar-refractivity contribution in [2.75, 3.05) is 6.61 Å². The van der Waals surface area contributed by atoms with E-state index in [1.165, 1.54) is 0 Å². The second-order valence-corrected chi connectivity index (χ2v) is 7.60. The lowest BCUT2D eigenvalue weighted by molar-refractivity contribution is -0.124. The number of nitrogens with zero attached hydrogens (tertiary/aromatic N) is 3. The SMILES string of the molecule is CC(C)Oc1ccc(-c2nc(-c3cccc4c3CCC4NC(=O)CO)no2)cc1C#N. The smallest absolute Gasteiger partial charge is 0.258 e. The van der Waals surface area contributed by atoms with Crippen LogP contribution in [-0.2, 0) is 11.2 Å². The van der Waals surface area contributed by atoms with E-state index in [2.05, 4.69) is 21.5 Å². The Morgan fingerprint density at radius 2 is 2.23 bits per heavy atom. The van der Waals surface area contributed by atoms with Gasteiger partial charge in [0, 0.05) is 11.1 Å². The first kappa shape index (κ1) is 20.6. The summed E-state index contributed by atoms with van der Waals surface area (Å²) in [5, 5.41) is 25.4. The van der Waals surface area contributed by atoms with Crippen molar-refractivity contribution in [3.05, 3.63) is 53.1 Å². The van der Waals surface area contributed by atoms with Crippen LogP contribution in [0.15, 0.2) is 40.9 Å². The van der Waals surface area contributed by atoms with Gasteiger partial charge < -0.3 is 19.7 Å². The second-order valence-electron chi connectivity index (χ2n) is 7.60. The zero-order chi connectivity index (χ0) is 22.0. The molecule has 1 aliphatic rings. The lowest BCUT2D eigenvalue weighted by Crippen LogP contribution is -2.29. The van der Waals surface area contributed by atoms with Crippen LogP contribution in [0.25, 0.3) is 22.8 Å². The van der Waals surface area contributed by atoms with Crippen LogP contribution in [-0.4, -0.2) is 33.9 Å². The number of nitriles is 1. The number of aromatic nitrogens is 2. The number of hydrogen-bond donors (Lipinski definition) is 2. The molecule has 1 aromatic heterocycles. The molecule has 2 N–H and O–H groups in total. The number of amides is 1. The molecule has 31 heavy (non-hydrogen) atoms. The topological polar surface area (TPSA) is 121 Å². The van der Waals surface area contributed by atoms with Gasteiger partial charge in [-0.1, -0.05) is 23.4 Å². The molecule has 0 radical (unpaired) electrons. The zero-order valence-corrected chi connectivity index (χ0v) is 17.3. The number of fused-ring (bicyclic) bond motifs is 1. The molecule has 1 unspecified atom stereocenters. The fraction of sp³-hybridized carbons (Fsp3) is 0.304. The molecule has 0 bridgehead atoms. The van der Waals surface area contributed by atoms with Gasteiger partial charge in [0.15, 0.2) is 0 Å². The Labute approximate surface area is 179 Å². The van der Waals surface area contributed by atoms with Crippen LogP contribution in [0.3, 0.4) is 0 Å². The minimum atomic E-state index is -0.536. The molecule has 1 aliphatic carbocycles. The third kappa shape index (κ3) is 4.13. The number of aliphatic hydroxyl groups excluding tert-OH is 1. The molecule has 0 saturated carbocycles. The van der Waals surface area contributed by atoms with Crippen LogP contribution in [0.5, 0.6) is 5.75 Å². The Kier molecular flexibility index (Phi) is 5.69. The Morgan fingerprint density at radius 1 is 1.39 bits per heavy atom. The minimum absolute atomic E-state index is 0.0425. The van der Waals surface area contributed by atoms with Gasteiger partial charge in [-0.25, -0.2) is 0 Å².